The summed E-state index contributed by atoms with van der Waals surface area (Å²) < 4.78 is 5.32. The van der Waals surface area contributed by atoms with E-state index in [0.29, 0.717) is 6.04 Å². The van der Waals surface area contributed by atoms with Crippen molar-refractivity contribution in [1.29, 1.82) is 0 Å². The van der Waals surface area contributed by atoms with Gasteiger partial charge in [-0.3, -0.25) is 0 Å². The Hall–Kier alpha value is -0.163. The van der Waals surface area contributed by atoms with E-state index in [2.05, 4.69) is 6.58 Å². The number of hydrogen-bond donors (Lipinski definition) is 2. The SMILES string of the molecule is C=CC[Si]1(O)CCCC(N)O1. The average molecular weight is 173 g/mol. The largest absolute Gasteiger partial charge is 0.410 e. The highest BCUT2D eigenvalue weighted by Crippen LogP contribution is 2.24. The van der Waals surface area contributed by atoms with Crippen molar-refractivity contribution in [2.75, 3.05) is 0 Å². The lowest BCUT2D eigenvalue weighted by atomic mass is 10.3. The molecule has 0 aromatic heterocycles. The molecule has 0 spiro atoms. The molecule has 11 heavy (non-hydrogen) atoms. The van der Waals surface area contributed by atoms with Crippen molar-refractivity contribution in [3.8, 4) is 0 Å². The van der Waals surface area contributed by atoms with E-state index in [-0.39, 0.29) is 6.23 Å². The third kappa shape index (κ3) is 2.41. The molecule has 64 valence electrons. The van der Waals surface area contributed by atoms with Crippen molar-refractivity contribution >= 4 is 8.56 Å². The number of hydrogen-bond acceptors (Lipinski definition) is 3. The first kappa shape index (κ1) is 8.93. The highest BCUT2D eigenvalue weighted by atomic mass is 28.4. The predicted octanol–water partition coefficient (Wildman–Crippen LogP) is 0.702. The maximum Gasteiger partial charge on any atom is 0.340 e. The standard InChI is InChI=1S/C7H15NO2Si/c1-2-5-11(9)6-3-4-7(8)10-11/h2,7,9H,1,3-6,8H2. The van der Waals surface area contributed by atoms with E-state index >= 15 is 0 Å². The van der Waals surface area contributed by atoms with Crippen molar-refractivity contribution < 1.29 is 9.22 Å². The minimum Gasteiger partial charge on any atom is -0.410 e. The molecule has 2 atom stereocenters. The van der Waals surface area contributed by atoms with E-state index in [0.717, 1.165) is 18.9 Å². The fourth-order valence-corrected chi connectivity index (χ4v) is 3.66. The fourth-order valence-electron chi connectivity index (χ4n) is 1.35. The molecule has 0 saturated carbocycles. The fraction of sp³-hybridized carbons (Fsp3) is 0.714. The Kier molecular flexibility index (Phi) is 2.83. The van der Waals surface area contributed by atoms with Crippen LogP contribution in [0.25, 0.3) is 0 Å². The molecule has 0 aliphatic carbocycles. The van der Waals surface area contributed by atoms with Crippen LogP contribution in [-0.2, 0) is 4.43 Å². The number of rotatable bonds is 2. The zero-order valence-corrected chi connectivity index (χ0v) is 7.62. The van der Waals surface area contributed by atoms with Gasteiger partial charge in [-0.25, -0.2) is 0 Å². The zero-order valence-electron chi connectivity index (χ0n) is 6.62. The average Bonchev–Trinajstić information content (AvgIpc) is 1.86. The van der Waals surface area contributed by atoms with Crippen molar-refractivity contribution in [1.82, 2.24) is 0 Å². The Bertz CT molecular complexity index is 153. The number of allylic oxidation sites excluding steroid dienone is 1. The summed E-state index contributed by atoms with van der Waals surface area (Å²) in [5, 5.41) is 0. The maximum atomic E-state index is 9.81. The monoisotopic (exact) mass is 173 g/mol. The van der Waals surface area contributed by atoms with Gasteiger partial charge in [0.25, 0.3) is 0 Å². The molecule has 0 aromatic rings. The summed E-state index contributed by atoms with van der Waals surface area (Å²) in [4.78, 5) is 9.81. The van der Waals surface area contributed by atoms with E-state index < -0.39 is 8.56 Å². The lowest BCUT2D eigenvalue weighted by Gasteiger charge is -2.32. The van der Waals surface area contributed by atoms with E-state index in [9.17, 15) is 4.80 Å². The topological polar surface area (TPSA) is 55.5 Å². The molecule has 0 bridgehead atoms. The van der Waals surface area contributed by atoms with Gasteiger partial charge in [-0.05, 0) is 18.9 Å². The normalized spacial score (nSPS) is 38.5. The van der Waals surface area contributed by atoms with Gasteiger partial charge in [0.2, 0.25) is 0 Å². The van der Waals surface area contributed by atoms with E-state index in [4.69, 9.17) is 10.2 Å². The zero-order chi connectivity index (χ0) is 8.32. The molecule has 1 heterocycles. The lowest BCUT2D eigenvalue weighted by molar-refractivity contribution is 0.121. The van der Waals surface area contributed by atoms with Crippen LogP contribution in [-0.4, -0.2) is 19.6 Å². The first-order chi connectivity index (χ1) is 5.16. The Morgan fingerprint density at radius 1 is 1.82 bits per heavy atom. The highest BCUT2D eigenvalue weighted by molar-refractivity contribution is 6.66. The van der Waals surface area contributed by atoms with Crippen LogP contribution in [0.1, 0.15) is 12.8 Å². The Labute approximate surface area is 68.1 Å². The molecule has 1 rings (SSSR count). The summed E-state index contributed by atoms with van der Waals surface area (Å²) in [7, 11) is -2.44. The summed E-state index contributed by atoms with van der Waals surface area (Å²) in [6, 6.07) is 1.40. The first-order valence-electron chi connectivity index (χ1n) is 3.93. The molecule has 3 N–H and O–H groups in total. The molecule has 0 aromatic carbocycles. The molecular formula is C7H15NO2Si. The van der Waals surface area contributed by atoms with Crippen LogP contribution in [0.5, 0.6) is 0 Å². The summed E-state index contributed by atoms with van der Waals surface area (Å²) in [5.74, 6) is 0. The van der Waals surface area contributed by atoms with Crippen LogP contribution in [0.2, 0.25) is 12.1 Å². The summed E-state index contributed by atoms with van der Waals surface area (Å²) in [5.41, 5.74) is 5.56. The highest BCUT2D eigenvalue weighted by Gasteiger charge is 2.36. The molecule has 1 saturated heterocycles. The molecule has 0 amide bonds. The van der Waals surface area contributed by atoms with Crippen LogP contribution in [0.15, 0.2) is 12.7 Å². The van der Waals surface area contributed by atoms with Gasteiger partial charge in [-0.1, -0.05) is 6.08 Å². The lowest BCUT2D eigenvalue weighted by Crippen LogP contribution is -2.48. The van der Waals surface area contributed by atoms with Crippen LogP contribution >= 0.6 is 0 Å². The van der Waals surface area contributed by atoms with Gasteiger partial charge in [0.05, 0.1) is 6.23 Å². The van der Waals surface area contributed by atoms with Crippen molar-refractivity contribution in [3.05, 3.63) is 12.7 Å². The van der Waals surface area contributed by atoms with Gasteiger partial charge >= 0.3 is 8.56 Å². The van der Waals surface area contributed by atoms with Gasteiger partial charge in [0.15, 0.2) is 0 Å². The van der Waals surface area contributed by atoms with E-state index in [1.165, 1.54) is 0 Å². The summed E-state index contributed by atoms with van der Waals surface area (Å²) in [6.45, 7) is 3.58. The van der Waals surface area contributed by atoms with Gasteiger partial charge in [0.1, 0.15) is 0 Å². The first-order valence-corrected chi connectivity index (χ1v) is 6.20. The Balaban J connectivity index is 2.47. The molecular weight excluding hydrogens is 158 g/mol. The predicted molar refractivity (Wildman–Crippen MR) is 46.1 cm³/mol. The number of nitrogens with two attached hydrogens (primary N) is 1. The van der Waals surface area contributed by atoms with E-state index in [1.807, 2.05) is 0 Å². The molecule has 3 nitrogen and oxygen atoms in total. The third-order valence-electron chi connectivity index (χ3n) is 1.89. The Morgan fingerprint density at radius 2 is 2.55 bits per heavy atom. The molecule has 4 heteroatoms. The van der Waals surface area contributed by atoms with Gasteiger partial charge in [-0.15, -0.1) is 6.58 Å². The smallest absolute Gasteiger partial charge is 0.340 e. The van der Waals surface area contributed by atoms with Gasteiger partial charge in [0, 0.05) is 6.04 Å². The molecule has 1 fully saturated rings. The van der Waals surface area contributed by atoms with Crippen LogP contribution < -0.4 is 5.73 Å². The van der Waals surface area contributed by atoms with Gasteiger partial charge < -0.3 is 15.0 Å². The minimum atomic E-state index is -2.44. The molecule has 1 aliphatic heterocycles. The minimum absolute atomic E-state index is 0.250. The Morgan fingerprint density at radius 3 is 3.09 bits per heavy atom. The van der Waals surface area contributed by atoms with Crippen molar-refractivity contribution in [3.63, 3.8) is 0 Å². The summed E-state index contributed by atoms with van der Waals surface area (Å²) >= 11 is 0. The van der Waals surface area contributed by atoms with Crippen LogP contribution in [0, 0.1) is 0 Å². The molecule has 1 aliphatic rings. The second kappa shape index (κ2) is 3.49. The summed E-state index contributed by atoms with van der Waals surface area (Å²) in [6.07, 6.45) is 3.31. The van der Waals surface area contributed by atoms with Crippen LogP contribution in [0.3, 0.4) is 0 Å². The van der Waals surface area contributed by atoms with Crippen molar-refractivity contribution in [2.45, 2.75) is 31.2 Å². The molecule has 2 unspecified atom stereocenters. The van der Waals surface area contributed by atoms with Crippen LogP contribution in [0.4, 0.5) is 0 Å². The van der Waals surface area contributed by atoms with E-state index in [1.54, 1.807) is 6.08 Å². The second-order valence-electron chi connectivity index (χ2n) is 2.99. The molecule has 0 radical (unpaired) electrons. The quantitative estimate of drug-likeness (QED) is 0.477. The maximum absolute atomic E-state index is 9.81. The van der Waals surface area contributed by atoms with Gasteiger partial charge in [-0.2, -0.15) is 0 Å². The van der Waals surface area contributed by atoms with Crippen molar-refractivity contribution in [2.24, 2.45) is 5.73 Å². The third-order valence-corrected chi connectivity index (χ3v) is 4.69. The second-order valence-corrected chi connectivity index (χ2v) is 6.02.